The van der Waals surface area contributed by atoms with Crippen molar-refractivity contribution in [2.45, 2.75) is 44.9 Å². The van der Waals surface area contributed by atoms with Gasteiger partial charge in [-0.25, -0.2) is 5.01 Å². The fourth-order valence-corrected chi connectivity index (χ4v) is 5.64. The Bertz CT molecular complexity index is 1150. The van der Waals surface area contributed by atoms with Crippen molar-refractivity contribution in [2.75, 3.05) is 0 Å². The van der Waals surface area contributed by atoms with Gasteiger partial charge in [-0.15, -0.1) is 0 Å². The number of benzene rings is 3. The zero-order valence-corrected chi connectivity index (χ0v) is 20.9. The molecule has 2 aliphatic rings. The number of hydrogen-bond donors (Lipinski definition) is 0. The number of ether oxygens (including phenoxy) is 1. The highest BCUT2D eigenvalue weighted by Gasteiger charge is 2.42. The molecule has 5 heteroatoms. The average molecular weight is 540 g/mol. The second-order valence-corrected chi connectivity index (χ2v) is 10.9. The predicted molar refractivity (Wildman–Crippen MR) is 133 cm³/mol. The highest BCUT2D eigenvalue weighted by Crippen LogP contribution is 2.50. The van der Waals surface area contributed by atoms with Crippen molar-refractivity contribution in [3.05, 3.63) is 97.9 Å². The SMILES string of the molecule is CC(C)(C)c1ccc([C@@H]2Oc3c(Br)cc(Br)cc3[C@@H]3CC(c4ccccc4)=NN32)cc1. The quantitative estimate of drug-likeness (QED) is 0.332. The Balaban J connectivity index is 1.60. The molecular weight excluding hydrogens is 516 g/mol. The van der Waals surface area contributed by atoms with Crippen molar-refractivity contribution in [3.63, 3.8) is 0 Å². The molecule has 0 unspecified atom stereocenters. The highest BCUT2D eigenvalue weighted by atomic mass is 79.9. The van der Waals surface area contributed by atoms with Crippen LogP contribution in [0.2, 0.25) is 0 Å². The van der Waals surface area contributed by atoms with Crippen LogP contribution in [0, 0.1) is 0 Å². The average Bonchev–Trinajstić information content (AvgIpc) is 3.19. The number of halogens is 2. The Morgan fingerprint density at radius 1 is 0.968 bits per heavy atom. The Kier molecular flexibility index (Phi) is 5.22. The summed E-state index contributed by atoms with van der Waals surface area (Å²) in [7, 11) is 0. The van der Waals surface area contributed by atoms with Gasteiger partial charge in [0.25, 0.3) is 0 Å². The normalized spacial score (nSPS) is 20.0. The first kappa shape index (κ1) is 20.8. The van der Waals surface area contributed by atoms with E-state index in [1.807, 2.05) is 12.1 Å². The van der Waals surface area contributed by atoms with Crippen LogP contribution in [0.1, 0.15) is 61.7 Å². The van der Waals surface area contributed by atoms with E-state index in [1.54, 1.807) is 0 Å². The lowest BCUT2D eigenvalue weighted by molar-refractivity contribution is -0.0197. The maximum atomic E-state index is 6.58. The van der Waals surface area contributed by atoms with Crippen molar-refractivity contribution in [2.24, 2.45) is 5.10 Å². The summed E-state index contributed by atoms with van der Waals surface area (Å²) in [5.41, 5.74) is 5.94. The van der Waals surface area contributed by atoms with E-state index in [0.29, 0.717) is 0 Å². The monoisotopic (exact) mass is 538 g/mol. The van der Waals surface area contributed by atoms with Crippen LogP contribution in [0.25, 0.3) is 0 Å². The van der Waals surface area contributed by atoms with Crippen LogP contribution >= 0.6 is 31.9 Å². The van der Waals surface area contributed by atoms with Gasteiger partial charge < -0.3 is 4.74 Å². The lowest BCUT2D eigenvalue weighted by Crippen LogP contribution is -2.34. The molecule has 5 rings (SSSR count). The number of nitrogens with zero attached hydrogens (tertiary/aromatic N) is 2. The van der Waals surface area contributed by atoms with E-state index >= 15 is 0 Å². The van der Waals surface area contributed by atoms with E-state index in [0.717, 1.165) is 43.5 Å². The molecule has 31 heavy (non-hydrogen) atoms. The minimum atomic E-state index is -0.273. The topological polar surface area (TPSA) is 24.8 Å². The first-order valence-corrected chi connectivity index (χ1v) is 12.1. The van der Waals surface area contributed by atoms with Crippen molar-refractivity contribution in [3.8, 4) is 5.75 Å². The summed E-state index contributed by atoms with van der Waals surface area (Å²) >= 11 is 7.36. The van der Waals surface area contributed by atoms with Crippen LogP contribution in [0.15, 0.2) is 80.8 Å². The molecule has 3 nitrogen and oxygen atoms in total. The van der Waals surface area contributed by atoms with Gasteiger partial charge in [-0.3, -0.25) is 0 Å². The van der Waals surface area contributed by atoms with Gasteiger partial charge in [0.1, 0.15) is 5.75 Å². The molecule has 0 saturated carbocycles. The Morgan fingerprint density at radius 3 is 2.35 bits per heavy atom. The summed E-state index contributed by atoms with van der Waals surface area (Å²) in [5.74, 6) is 0.902. The zero-order chi connectivity index (χ0) is 21.8. The first-order chi connectivity index (χ1) is 14.8. The fraction of sp³-hybridized carbons (Fsp3) is 0.269. The molecule has 3 aromatic carbocycles. The molecule has 0 aliphatic carbocycles. The molecule has 2 heterocycles. The van der Waals surface area contributed by atoms with Gasteiger partial charge in [0, 0.05) is 22.0 Å². The minimum absolute atomic E-state index is 0.114. The number of hydrazone groups is 1. The van der Waals surface area contributed by atoms with Gasteiger partial charge in [-0.2, -0.15) is 5.10 Å². The van der Waals surface area contributed by atoms with E-state index in [1.165, 1.54) is 5.56 Å². The molecule has 0 spiro atoms. The van der Waals surface area contributed by atoms with Crippen LogP contribution < -0.4 is 4.74 Å². The smallest absolute Gasteiger partial charge is 0.213 e. The van der Waals surface area contributed by atoms with Gasteiger partial charge in [0.15, 0.2) is 0 Å². The number of hydrogen-bond acceptors (Lipinski definition) is 3. The van der Waals surface area contributed by atoms with Crippen LogP contribution in [-0.2, 0) is 5.41 Å². The molecule has 2 aliphatic heterocycles. The second kappa shape index (κ2) is 7.79. The van der Waals surface area contributed by atoms with Crippen molar-refractivity contribution < 1.29 is 4.74 Å². The zero-order valence-electron chi connectivity index (χ0n) is 17.8. The van der Waals surface area contributed by atoms with E-state index in [2.05, 4.69) is 112 Å². The molecule has 0 fully saturated rings. The second-order valence-electron chi connectivity index (χ2n) is 9.16. The first-order valence-electron chi connectivity index (χ1n) is 10.5. The van der Waals surface area contributed by atoms with E-state index in [4.69, 9.17) is 9.84 Å². The van der Waals surface area contributed by atoms with Crippen LogP contribution in [0.5, 0.6) is 5.75 Å². The standard InChI is InChI=1S/C26H24Br2N2O/c1-26(2,3)18-11-9-17(10-12-18)25-30-23(15-22(29-30)16-7-5-4-6-8-16)20-13-19(27)14-21(28)24(20)31-25/h4-14,23,25H,15H2,1-3H3/t23-,25-/m0/s1. The molecular formula is C26H24Br2N2O. The van der Waals surface area contributed by atoms with Crippen LogP contribution in [0.3, 0.4) is 0 Å². The molecule has 0 amide bonds. The molecule has 0 saturated heterocycles. The maximum Gasteiger partial charge on any atom is 0.213 e. The molecule has 3 aromatic rings. The molecule has 2 atom stereocenters. The van der Waals surface area contributed by atoms with Gasteiger partial charge in [-0.1, -0.05) is 91.3 Å². The third-order valence-corrected chi connectivity index (χ3v) is 7.02. The minimum Gasteiger partial charge on any atom is -0.463 e. The molecule has 158 valence electrons. The van der Waals surface area contributed by atoms with Gasteiger partial charge in [0.05, 0.1) is 16.2 Å². The molecule has 0 aromatic heterocycles. The summed E-state index contributed by atoms with van der Waals surface area (Å²) in [6.45, 7) is 6.70. The largest absolute Gasteiger partial charge is 0.463 e. The summed E-state index contributed by atoms with van der Waals surface area (Å²) in [4.78, 5) is 0. The van der Waals surface area contributed by atoms with Crippen molar-refractivity contribution >= 4 is 37.6 Å². The third kappa shape index (κ3) is 3.83. The lowest BCUT2D eigenvalue weighted by atomic mass is 9.86. The predicted octanol–water partition coefficient (Wildman–Crippen LogP) is 7.75. The van der Waals surface area contributed by atoms with Crippen LogP contribution in [0.4, 0.5) is 0 Å². The summed E-state index contributed by atoms with van der Waals surface area (Å²) < 4.78 is 8.57. The molecule has 0 bridgehead atoms. The van der Waals surface area contributed by atoms with E-state index in [9.17, 15) is 0 Å². The fourth-order valence-electron chi connectivity index (χ4n) is 4.29. The summed E-state index contributed by atoms with van der Waals surface area (Å²) in [5, 5.41) is 7.20. The molecule has 0 radical (unpaired) electrons. The third-order valence-electron chi connectivity index (χ3n) is 5.98. The van der Waals surface area contributed by atoms with E-state index < -0.39 is 0 Å². The number of rotatable bonds is 2. The Hall–Kier alpha value is -2.11. The van der Waals surface area contributed by atoms with Crippen LogP contribution in [-0.4, -0.2) is 10.7 Å². The van der Waals surface area contributed by atoms with Gasteiger partial charge in [-0.05, 0) is 44.6 Å². The van der Waals surface area contributed by atoms with Crippen molar-refractivity contribution in [1.82, 2.24) is 5.01 Å². The maximum absolute atomic E-state index is 6.58. The Labute approximate surface area is 200 Å². The Morgan fingerprint density at radius 2 is 1.68 bits per heavy atom. The summed E-state index contributed by atoms with van der Waals surface area (Å²) in [6.07, 6.45) is 0.574. The highest BCUT2D eigenvalue weighted by molar-refractivity contribution is 9.11. The molecule has 0 N–H and O–H groups in total. The lowest BCUT2D eigenvalue weighted by Gasteiger charge is -2.39. The summed E-state index contributed by atoms with van der Waals surface area (Å²) in [6, 6.07) is 23.5. The number of fused-ring (bicyclic) bond motifs is 3. The van der Waals surface area contributed by atoms with E-state index in [-0.39, 0.29) is 17.7 Å². The van der Waals surface area contributed by atoms with Gasteiger partial charge in [0.2, 0.25) is 6.23 Å². The van der Waals surface area contributed by atoms with Gasteiger partial charge >= 0.3 is 0 Å². The van der Waals surface area contributed by atoms with Crippen molar-refractivity contribution in [1.29, 1.82) is 0 Å².